The van der Waals surface area contributed by atoms with Gasteiger partial charge in [0.15, 0.2) is 0 Å². The van der Waals surface area contributed by atoms with E-state index in [0.717, 1.165) is 16.0 Å². The summed E-state index contributed by atoms with van der Waals surface area (Å²) in [4.78, 5) is 37.2. The summed E-state index contributed by atoms with van der Waals surface area (Å²) >= 11 is 6.01. The number of nitrogens with one attached hydrogen (secondary N) is 1. The number of benzene rings is 2. The Morgan fingerprint density at radius 3 is 2.55 bits per heavy atom. The molecule has 156 valence electrons. The lowest BCUT2D eigenvalue weighted by molar-refractivity contribution is -0.123. The van der Waals surface area contributed by atoms with Gasteiger partial charge in [0.2, 0.25) is 0 Å². The zero-order chi connectivity index (χ0) is 22.1. The van der Waals surface area contributed by atoms with Crippen molar-refractivity contribution >= 4 is 35.6 Å². The van der Waals surface area contributed by atoms with Gasteiger partial charge in [0, 0.05) is 11.6 Å². The Balaban J connectivity index is 1.53. The summed E-state index contributed by atoms with van der Waals surface area (Å²) in [5.41, 5.74) is 2.62. The number of imide groups is 1. The van der Waals surface area contributed by atoms with E-state index in [1.165, 1.54) is 18.2 Å². The number of carbonyl (C=O) groups is 3. The molecule has 2 aromatic carbocycles. The fraction of sp³-hybridized carbons (Fsp3) is 0.0870. The third kappa shape index (κ3) is 4.22. The number of aryl methyl sites for hydroxylation is 1. The topological polar surface area (TPSA) is 99.8 Å². The molecule has 8 heteroatoms. The molecule has 0 saturated carbocycles. The van der Waals surface area contributed by atoms with Gasteiger partial charge in [0.25, 0.3) is 5.91 Å². The highest BCUT2D eigenvalue weighted by molar-refractivity contribution is 6.33. The Labute approximate surface area is 182 Å². The first-order chi connectivity index (χ1) is 14.8. The molecule has 0 spiro atoms. The number of nitrogens with zero attached hydrogens (tertiary/aromatic N) is 1. The van der Waals surface area contributed by atoms with Crippen LogP contribution in [0.4, 0.5) is 4.79 Å². The molecule has 1 fully saturated rings. The summed E-state index contributed by atoms with van der Waals surface area (Å²) in [5.74, 6) is -0.766. The second-order valence-corrected chi connectivity index (χ2v) is 7.47. The highest BCUT2D eigenvalue weighted by atomic mass is 35.5. The summed E-state index contributed by atoms with van der Waals surface area (Å²) in [6.07, 6.45) is 1.45. The number of hydrogen-bond donors (Lipinski definition) is 2. The second kappa shape index (κ2) is 8.12. The van der Waals surface area contributed by atoms with Gasteiger partial charge < -0.3 is 14.8 Å². The maximum absolute atomic E-state index is 12.7. The molecule has 2 heterocycles. The van der Waals surface area contributed by atoms with Crippen molar-refractivity contribution in [1.29, 1.82) is 0 Å². The molecule has 7 nitrogen and oxygen atoms in total. The van der Waals surface area contributed by atoms with Crippen LogP contribution in [0.25, 0.3) is 17.4 Å². The van der Waals surface area contributed by atoms with Gasteiger partial charge in [-0.15, -0.1) is 0 Å². The van der Waals surface area contributed by atoms with E-state index in [9.17, 15) is 14.4 Å². The summed E-state index contributed by atoms with van der Waals surface area (Å²) in [7, 11) is 0. The van der Waals surface area contributed by atoms with Crippen LogP contribution < -0.4 is 5.32 Å². The van der Waals surface area contributed by atoms with Crippen molar-refractivity contribution in [2.24, 2.45) is 0 Å². The van der Waals surface area contributed by atoms with Gasteiger partial charge in [0.1, 0.15) is 17.2 Å². The number of amides is 3. The fourth-order valence-electron chi connectivity index (χ4n) is 3.16. The molecule has 0 radical (unpaired) electrons. The molecule has 1 aliphatic rings. The van der Waals surface area contributed by atoms with E-state index in [0.29, 0.717) is 17.1 Å². The van der Waals surface area contributed by atoms with E-state index < -0.39 is 17.9 Å². The number of halogens is 1. The van der Waals surface area contributed by atoms with Crippen molar-refractivity contribution in [3.8, 4) is 11.3 Å². The average Bonchev–Trinajstić information content (AvgIpc) is 3.29. The first kappa shape index (κ1) is 20.4. The number of carboxylic acids is 1. The Bertz CT molecular complexity index is 1230. The first-order valence-electron chi connectivity index (χ1n) is 9.35. The predicted molar refractivity (Wildman–Crippen MR) is 114 cm³/mol. The van der Waals surface area contributed by atoms with E-state index in [4.69, 9.17) is 21.1 Å². The lowest BCUT2D eigenvalue weighted by atomic mass is 10.1. The lowest BCUT2D eigenvalue weighted by Crippen LogP contribution is -2.30. The molecule has 31 heavy (non-hydrogen) atoms. The van der Waals surface area contributed by atoms with Crippen LogP contribution in [0.2, 0.25) is 5.02 Å². The van der Waals surface area contributed by atoms with Crippen molar-refractivity contribution in [2.45, 2.75) is 13.5 Å². The average molecular weight is 437 g/mol. The van der Waals surface area contributed by atoms with Gasteiger partial charge in [-0.3, -0.25) is 9.69 Å². The van der Waals surface area contributed by atoms with Crippen LogP contribution >= 0.6 is 11.6 Å². The lowest BCUT2D eigenvalue weighted by Gasteiger charge is -2.11. The Morgan fingerprint density at radius 2 is 1.87 bits per heavy atom. The summed E-state index contributed by atoms with van der Waals surface area (Å²) in [6, 6.07) is 14.9. The van der Waals surface area contributed by atoms with E-state index in [1.807, 2.05) is 31.2 Å². The molecule has 0 aliphatic carbocycles. The maximum Gasteiger partial charge on any atom is 0.337 e. The number of carboxylic acid groups (broad SMARTS) is 1. The Morgan fingerprint density at radius 1 is 1.13 bits per heavy atom. The fourth-order valence-corrected chi connectivity index (χ4v) is 3.42. The summed E-state index contributed by atoms with van der Waals surface area (Å²) in [5, 5.41) is 11.7. The molecular formula is C23H17ClN2O5. The predicted octanol–water partition coefficient (Wildman–Crippen LogP) is 4.70. The monoisotopic (exact) mass is 436 g/mol. The SMILES string of the molecule is Cc1ccc(CN2C(=O)N/C(=C/c3ccc(-c4ccc(C(=O)O)c(Cl)c4)o3)C2=O)cc1. The molecule has 1 aliphatic heterocycles. The van der Waals surface area contributed by atoms with Crippen molar-refractivity contribution in [2.75, 3.05) is 0 Å². The zero-order valence-electron chi connectivity index (χ0n) is 16.4. The van der Waals surface area contributed by atoms with E-state index in [-0.39, 0.29) is 22.8 Å². The van der Waals surface area contributed by atoms with Gasteiger partial charge in [0.05, 0.1) is 17.1 Å². The molecule has 2 N–H and O–H groups in total. The summed E-state index contributed by atoms with van der Waals surface area (Å²) < 4.78 is 5.73. The van der Waals surface area contributed by atoms with Crippen molar-refractivity contribution in [3.05, 3.63) is 87.8 Å². The zero-order valence-corrected chi connectivity index (χ0v) is 17.1. The van der Waals surface area contributed by atoms with E-state index in [1.54, 1.807) is 18.2 Å². The number of hydrogen-bond acceptors (Lipinski definition) is 4. The quantitative estimate of drug-likeness (QED) is 0.446. The van der Waals surface area contributed by atoms with Crippen LogP contribution in [0.5, 0.6) is 0 Å². The van der Waals surface area contributed by atoms with Crippen LogP contribution in [0.3, 0.4) is 0 Å². The van der Waals surface area contributed by atoms with E-state index >= 15 is 0 Å². The first-order valence-corrected chi connectivity index (χ1v) is 9.73. The number of furan rings is 1. The molecule has 0 atom stereocenters. The van der Waals surface area contributed by atoms with Crippen molar-refractivity contribution < 1.29 is 23.9 Å². The number of urea groups is 1. The highest BCUT2D eigenvalue weighted by Crippen LogP contribution is 2.28. The minimum atomic E-state index is -1.12. The molecule has 3 amide bonds. The van der Waals surface area contributed by atoms with Crippen molar-refractivity contribution in [3.63, 3.8) is 0 Å². The highest BCUT2D eigenvalue weighted by Gasteiger charge is 2.33. The molecule has 0 unspecified atom stereocenters. The number of aromatic carboxylic acids is 1. The van der Waals surface area contributed by atoms with Crippen LogP contribution in [-0.2, 0) is 11.3 Å². The minimum Gasteiger partial charge on any atom is -0.478 e. The van der Waals surface area contributed by atoms with Crippen LogP contribution in [0.1, 0.15) is 27.2 Å². The smallest absolute Gasteiger partial charge is 0.337 e. The molecule has 4 rings (SSSR count). The van der Waals surface area contributed by atoms with Gasteiger partial charge >= 0.3 is 12.0 Å². The van der Waals surface area contributed by atoms with Crippen LogP contribution in [0.15, 0.2) is 64.7 Å². The largest absolute Gasteiger partial charge is 0.478 e. The molecule has 3 aromatic rings. The van der Waals surface area contributed by atoms with Crippen LogP contribution in [0, 0.1) is 6.92 Å². The van der Waals surface area contributed by atoms with Gasteiger partial charge in [-0.1, -0.05) is 47.5 Å². The molecule has 0 bridgehead atoms. The standard InChI is InChI=1S/C23H17ClN2O5/c1-13-2-4-14(5-3-13)12-26-21(27)19(25-23(26)30)11-16-7-9-20(31-16)15-6-8-17(22(28)29)18(24)10-15/h2-11H,12H2,1H3,(H,25,30)(H,28,29)/b19-11+. The Hall–Kier alpha value is -3.84. The number of carbonyl (C=O) groups excluding carboxylic acids is 2. The third-order valence-corrected chi connectivity index (χ3v) is 5.13. The maximum atomic E-state index is 12.7. The summed E-state index contributed by atoms with van der Waals surface area (Å²) in [6.45, 7) is 2.13. The minimum absolute atomic E-state index is 0.00718. The van der Waals surface area contributed by atoms with Gasteiger partial charge in [-0.2, -0.15) is 0 Å². The second-order valence-electron chi connectivity index (χ2n) is 7.07. The number of rotatable bonds is 5. The normalized spacial score (nSPS) is 14.9. The van der Waals surface area contributed by atoms with E-state index in [2.05, 4.69) is 5.32 Å². The molecule has 1 aromatic heterocycles. The molecular weight excluding hydrogens is 420 g/mol. The van der Waals surface area contributed by atoms with Gasteiger partial charge in [-0.05, 0) is 36.8 Å². The Kier molecular flexibility index (Phi) is 5.35. The van der Waals surface area contributed by atoms with Gasteiger partial charge in [-0.25, -0.2) is 9.59 Å². The van der Waals surface area contributed by atoms with Crippen LogP contribution in [-0.4, -0.2) is 27.9 Å². The van der Waals surface area contributed by atoms with Crippen molar-refractivity contribution in [1.82, 2.24) is 10.2 Å². The molecule has 1 saturated heterocycles. The third-order valence-electron chi connectivity index (χ3n) is 4.82.